The van der Waals surface area contributed by atoms with Gasteiger partial charge in [-0.25, -0.2) is 14.4 Å². The topological polar surface area (TPSA) is 394 Å². The number of carbonyl (C=O) groups excluding carboxylic acids is 4. The number of unbranched alkanes of at least 4 members (excludes halogenated alkanes) is 2. The fourth-order valence-corrected chi connectivity index (χ4v) is 8.72. The summed E-state index contributed by atoms with van der Waals surface area (Å²) >= 11 is 3.40. The average molecular weight is 1180 g/mol. The van der Waals surface area contributed by atoms with E-state index in [9.17, 15) is 83.4 Å². The highest BCUT2D eigenvalue weighted by Gasteiger charge is 2.30. The molecule has 0 spiro atoms. The van der Waals surface area contributed by atoms with Crippen LogP contribution in [0.15, 0.2) is 53.0 Å². The number of nitrogens with one attached hydrogen (secondary N) is 4. The van der Waals surface area contributed by atoms with E-state index in [0.717, 1.165) is 10.0 Å². The Morgan fingerprint density at radius 1 is 0.506 bits per heavy atom. The molecule has 0 saturated carbocycles. The molecule has 28 heteroatoms. The van der Waals surface area contributed by atoms with Gasteiger partial charge in [-0.15, -0.1) is 0 Å². The first kappa shape index (κ1) is 66.0. The number of amides is 5. The zero-order valence-corrected chi connectivity index (χ0v) is 45.3. The van der Waals surface area contributed by atoms with Gasteiger partial charge in [0, 0.05) is 108 Å². The van der Waals surface area contributed by atoms with E-state index in [2.05, 4.69) is 37.2 Å². The van der Waals surface area contributed by atoms with Gasteiger partial charge in [0.25, 0.3) is 5.91 Å². The molecule has 0 radical (unpaired) electrons. The third-order valence-corrected chi connectivity index (χ3v) is 13.3. The molecule has 1 fully saturated rings. The molecule has 3 atom stereocenters. The van der Waals surface area contributed by atoms with Gasteiger partial charge in [0.15, 0.2) is 0 Å². The number of urea groups is 1. The first-order valence-electron chi connectivity index (χ1n) is 25.7. The quantitative estimate of drug-likeness (QED) is 0.0443. The summed E-state index contributed by atoms with van der Waals surface area (Å²) in [7, 11) is 0. The second kappa shape index (κ2) is 35.3. The Bertz CT molecular complexity index is 2350. The van der Waals surface area contributed by atoms with E-state index in [-0.39, 0.29) is 142 Å². The Morgan fingerprint density at radius 3 is 1.49 bits per heavy atom. The highest BCUT2D eigenvalue weighted by molar-refractivity contribution is 9.10. The van der Waals surface area contributed by atoms with Crippen LogP contribution >= 0.6 is 15.9 Å². The highest BCUT2D eigenvalue weighted by atomic mass is 79.9. The molecule has 0 aliphatic carbocycles. The summed E-state index contributed by atoms with van der Waals surface area (Å²) in [4.78, 5) is 142. The van der Waals surface area contributed by atoms with Gasteiger partial charge in [0.05, 0.1) is 19.6 Å². The largest absolute Gasteiger partial charge is 0.481 e. The highest BCUT2D eigenvalue weighted by Crippen LogP contribution is 2.17. The molecule has 27 nitrogen and oxygen atoms in total. The Hall–Kier alpha value is -7.27. The van der Waals surface area contributed by atoms with Crippen LogP contribution in [0.3, 0.4) is 0 Å². The number of carboxylic acids is 7. The van der Waals surface area contributed by atoms with E-state index in [1.807, 2.05) is 24.3 Å². The molecule has 5 amide bonds. The number of benzene rings is 2. The van der Waals surface area contributed by atoms with Crippen molar-refractivity contribution in [1.29, 1.82) is 0 Å². The molecule has 3 rings (SSSR count). The number of hydrogen-bond acceptors (Lipinski definition) is 15. The molecule has 11 N–H and O–H groups in total. The van der Waals surface area contributed by atoms with Crippen LogP contribution in [0.1, 0.15) is 85.7 Å². The minimum Gasteiger partial charge on any atom is -0.481 e. The summed E-state index contributed by atoms with van der Waals surface area (Å²) < 4.78 is 0.832. The Kier molecular flexibility index (Phi) is 29.5. The monoisotopic (exact) mass is 1180 g/mol. The molecule has 79 heavy (non-hydrogen) atoms. The predicted molar refractivity (Wildman–Crippen MR) is 284 cm³/mol. The predicted octanol–water partition coefficient (Wildman–Crippen LogP) is 0.944. The summed E-state index contributed by atoms with van der Waals surface area (Å²) in [6.45, 7) is 0.727. The standard InChI is InChI=1S/C51H72BrN9O18/c52-37-13-9-35(10-14-37)30-61(20-4-2-5-38(48(73)74)55-51(79)56-39(49(75)76)15-18-43(64)65)47(72)36-11-7-34(8-12-36)29-54-41(62)6-1-3-19-53-42(63)17-16-40(50(77)78)60-27-25-58(32-45(68)69)23-21-57(31-44(66)67)22-24-59(26-28-60)33-46(70)71/h7-14,38-40H,1-6,15-33H2,(H,53,63)(H,54,62)(H,64,65)(H,66,67)(H,68,69)(H,70,71)(H,73,74)(H,75,76)(H,77,78)(H2,55,56,79)/t38-,39-,40?/m0/s1. The number of carbonyl (C=O) groups is 11. The van der Waals surface area contributed by atoms with Crippen LogP contribution in [0.2, 0.25) is 0 Å². The van der Waals surface area contributed by atoms with Crippen molar-refractivity contribution in [3.8, 4) is 0 Å². The van der Waals surface area contributed by atoms with Crippen molar-refractivity contribution in [1.82, 2.24) is 45.8 Å². The smallest absolute Gasteiger partial charge is 0.326 e. The molecule has 2 aromatic carbocycles. The number of nitrogens with zero attached hydrogens (tertiary/aromatic N) is 5. The molecule has 1 heterocycles. The van der Waals surface area contributed by atoms with E-state index in [1.165, 1.54) is 0 Å². The summed E-state index contributed by atoms with van der Waals surface area (Å²) in [5, 5.41) is 76.5. The zero-order chi connectivity index (χ0) is 58.4. The third-order valence-electron chi connectivity index (χ3n) is 12.8. The lowest BCUT2D eigenvalue weighted by Crippen LogP contribution is -2.52. The first-order chi connectivity index (χ1) is 37.5. The minimum atomic E-state index is -1.55. The maximum atomic E-state index is 13.9. The minimum absolute atomic E-state index is 0.0615. The Labute approximate surface area is 464 Å². The van der Waals surface area contributed by atoms with Gasteiger partial charge in [-0.3, -0.25) is 58.0 Å². The summed E-state index contributed by atoms with van der Waals surface area (Å²) in [5.74, 6) is -9.69. The van der Waals surface area contributed by atoms with E-state index in [1.54, 1.807) is 48.8 Å². The fraction of sp³-hybridized carbons (Fsp3) is 0.549. The first-order valence-corrected chi connectivity index (χ1v) is 26.5. The van der Waals surface area contributed by atoms with Crippen molar-refractivity contribution >= 4 is 81.5 Å². The lowest BCUT2D eigenvalue weighted by molar-refractivity contribution is -0.145. The Balaban J connectivity index is 1.49. The fourth-order valence-electron chi connectivity index (χ4n) is 8.46. The van der Waals surface area contributed by atoms with Crippen LogP contribution < -0.4 is 21.3 Å². The molecule has 2 aromatic rings. The molecule has 436 valence electrons. The zero-order valence-electron chi connectivity index (χ0n) is 43.8. The summed E-state index contributed by atoms with van der Waals surface area (Å²) in [6.07, 6.45) is 0.286. The number of halogens is 1. The maximum Gasteiger partial charge on any atom is 0.326 e. The molecule has 1 unspecified atom stereocenters. The molecule has 1 saturated heterocycles. The van der Waals surface area contributed by atoms with Crippen LogP contribution in [0.4, 0.5) is 4.79 Å². The van der Waals surface area contributed by atoms with E-state index in [4.69, 9.17) is 5.11 Å². The summed E-state index contributed by atoms with van der Waals surface area (Å²) in [6, 6.07) is 8.74. The molecule has 0 bridgehead atoms. The van der Waals surface area contributed by atoms with Crippen LogP contribution in [0.5, 0.6) is 0 Å². The molecular weight excluding hydrogens is 1110 g/mol. The van der Waals surface area contributed by atoms with Crippen molar-refractivity contribution in [2.45, 2.75) is 95.4 Å². The van der Waals surface area contributed by atoms with Crippen LogP contribution in [0, 0.1) is 0 Å². The van der Waals surface area contributed by atoms with Crippen molar-refractivity contribution in [3.63, 3.8) is 0 Å². The van der Waals surface area contributed by atoms with Crippen molar-refractivity contribution in [2.75, 3.05) is 85.1 Å². The van der Waals surface area contributed by atoms with Gasteiger partial charge < -0.3 is 61.9 Å². The van der Waals surface area contributed by atoms with Gasteiger partial charge in [-0.05, 0) is 80.3 Å². The van der Waals surface area contributed by atoms with E-state index in [0.29, 0.717) is 30.4 Å². The number of carboxylic acid groups (broad SMARTS) is 7. The van der Waals surface area contributed by atoms with Crippen LogP contribution in [-0.4, -0.2) is 229 Å². The third kappa shape index (κ3) is 27.2. The van der Waals surface area contributed by atoms with Gasteiger partial charge in [-0.1, -0.05) is 40.2 Å². The molecule has 0 aromatic heterocycles. The summed E-state index contributed by atoms with van der Waals surface area (Å²) in [5.41, 5.74) is 1.87. The van der Waals surface area contributed by atoms with Crippen LogP contribution in [-0.2, 0) is 56.2 Å². The number of hydrogen-bond donors (Lipinski definition) is 11. The lowest BCUT2D eigenvalue weighted by Gasteiger charge is -2.35. The van der Waals surface area contributed by atoms with Gasteiger partial charge in [0.2, 0.25) is 11.8 Å². The van der Waals surface area contributed by atoms with Gasteiger partial charge in [0.1, 0.15) is 18.1 Å². The van der Waals surface area contributed by atoms with E-state index >= 15 is 0 Å². The molecular formula is C51H72BrN9O18. The molecule has 1 aliphatic rings. The van der Waals surface area contributed by atoms with Gasteiger partial charge >= 0.3 is 47.8 Å². The van der Waals surface area contributed by atoms with Crippen LogP contribution in [0.25, 0.3) is 0 Å². The van der Waals surface area contributed by atoms with Gasteiger partial charge in [-0.2, -0.15) is 0 Å². The second-order valence-electron chi connectivity index (χ2n) is 18.9. The second-order valence-corrected chi connectivity index (χ2v) is 19.8. The SMILES string of the molecule is O=C(O)CC[C@H](NC(=O)N[C@@H](CCCCN(Cc1ccc(Br)cc1)C(=O)c1ccc(CNC(=O)CCCCNC(=O)CCC(C(=O)O)N2CCN(CC(=O)O)CCN(CC(=O)O)CCN(CC(=O)O)CC2)cc1)C(=O)O)C(=O)O. The Morgan fingerprint density at radius 2 is 1.00 bits per heavy atom. The number of aliphatic carboxylic acids is 7. The van der Waals surface area contributed by atoms with Crippen molar-refractivity contribution < 1.29 is 88.5 Å². The maximum absolute atomic E-state index is 13.9. The van der Waals surface area contributed by atoms with E-state index < -0.39 is 84.7 Å². The normalized spacial score (nSPS) is 15.2. The molecule has 1 aliphatic heterocycles. The lowest BCUT2D eigenvalue weighted by atomic mass is 10.1. The average Bonchev–Trinajstić information content (AvgIpc) is 3.37. The van der Waals surface area contributed by atoms with Crippen molar-refractivity contribution in [2.24, 2.45) is 0 Å². The van der Waals surface area contributed by atoms with Crippen molar-refractivity contribution in [3.05, 3.63) is 69.7 Å². The number of rotatable bonds is 33.